The van der Waals surface area contributed by atoms with E-state index in [1.54, 1.807) is 50.6 Å². The van der Waals surface area contributed by atoms with Gasteiger partial charge in [0, 0.05) is 13.1 Å². The topological polar surface area (TPSA) is 444 Å². The smallest absolute Gasteiger partial charge is 0.325 e. The second kappa shape index (κ2) is 34.2. The molecule has 1 aliphatic rings. The Balaban J connectivity index is 2.31. The van der Waals surface area contributed by atoms with E-state index in [0.29, 0.717) is 17.9 Å². The molecule has 0 spiro atoms. The average molecular weight is 1140 g/mol. The van der Waals surface area contributed by atoms with Gasteiger partial charge in [-0.05, 0) is 101 Å². The van der Waals surface area contributed by atoms with Gasteiger partial charge < -0.3 is 80.6 Å². The number of likely N-dealkylation sites (tertiary alicyclic amines) is 1. The van der Waals surface area contributed by atoms with Crippen molar-refractivity contribution in [2.24, 2.45) is 33.8 Å². The zero-order chi connectivity index (χ0) is 58.8. The van der Waals surface area contributed by atoms with Gasteiger partial charge in [-0.15, -0.1) is 0 Å². The third kappa shape index (κ3) is 23.1. The molecule has 11 atom stereocenters. The first-order valence-electron chi connectivity index (χ1n) is 25.5. The third-order valence-corrected chi connectivity index (χ3v) is 13.6. The van der Waals surface area contributed by atoms with Gasteiger partial charge in [0.05, 0.1) is 18.6 Å². The number of aliphatic imine (C=N–C) groups is 1. The number of primary amides is 1. The van der Waals surface area contributed by atoms with E-state index in [-0.39, 0.29) is 57.6 Å². The molecule has 1 fully saturated rings. The van der Waals surface area contributed by atoms with Crippen LogP contribution in [0.3, 0.4) is 0 Å². The number of hydrogen-bond donors (Lipinski definition) is 14. The Kier molecular flexibility index (Phi) is 29.6. The SMILES string of the molecule is CSCC[C@H](NC(=O)[C@H](CCCN=C(N)N)NC(=O)[C@@H](N)Cc1ccccc1)C(=O)N[C@H](C(=O)N[C@@H](CCSC)C(=O)N[C@H](C(=O)N[C@@H](CC(N)=O)C(=O)N1CCC[C@H]1C(=O)N[C@@H](C)C(=O)N[C@@H](C)C(=O)O)[C@@H](C)O)C(C)C. The van der Waals surface area contributed by atoms with Crippen molar-refractivity contribution >= 4 is 94.5 Å². The number of aliphatic hydroxyl groups excluding tert-OH is 1. The lowest BCUT2D eigenvalue weighted by molar-refractivity contribution is -0.144. The maximum Gasteiger partial charge on any atom is 0.325 e. The van der Waals surface area contributed by atoms with Crippen molar-refractivity contribution in [3.05, 3.63) is 35.9 Å². The van der Waals surface area contributed by atoms with Crippen molar-refractivity contribution in [1.82, 2.24) is 47.4 Å². The fraction of sp³-hybridized carbons (Fsp3) is 0.633. The molecule has 29 heteroatoms. The van der Waals surface area contributed by atoms with Crippen LogP contribution in [0.1, 0.15) is 85.1 Å². The van der Waals surface area contributed by atoms with Crippen molar-refractivity contribution in [2.75, 3.05) is 37.1 Å². The fourth-order valence-corrected chi connectivity index (χ4v) is 8.89. The second-order valence-electron chi connectivity index (χ2n) is 19.2. The molecule has 18 N–H and O–H groups in total. The number of amides is 10. The Morgan fingerprint density at radius 2 is 1.17 bits per heavy atom. The van der Waals surface area contributed by atoms with Crippen LogP contribution in [0.4, 0.5) is 0 Å². The second-order valence-corrected chi connectivity index (χ2v) is 21.1. The van der Waals surface area contributed by atoms with Gasteiger partial charge in [0.2, 0.25) is 59.1 Å². The van der Waals surface area contributed by atoms with Gasteiger partial charge in [-0.3, -0.25) is 57.7 Å². The van der Waals surface area contributed by atoms with Crippen LogP contribution in [-0.4, -0.2) is 190 Å². The highest BCUT2D eigenvalue weighted by Gasteiger charge is 2.41. The Morgan fingerprint density at radius 1 is 0.654 bits per heavy atom. The first-order chi connectivity index (χ1) is 36.7. The Morgan fingerprint density at radius 3 is 1.69 bits per heavy atom. The molecular weight excluding hydrogens is 1060 g/mol. The highest BCUT2D eigenvalue weighted by Crippen LogP contribution is 2.20. The van der Waals surface area contributed by atoms with Crippen LogP contribution in [0.2, 0.25) is 0 Å². The molecule has 2 rings (SSSR count). The van der Waals surface area contributed by atoms with Crippen molar-refractivity contribution in [1.29, 1.82) is 0 Å². The number of carbonyl (C=O) groups excluding carboxylic acids is 10. The number of carboxylic acids is 1. The molecule has 1 heterocycles. The number of thioether (sulfide) groups is 2. The van der Waals surface area contributed by atoms with Gasteiger partial charge in [-0.2, -0.15) is 23.5 Å². The number of nitrogens with two attached hydrogens (primary N) is 4. The Labute approximate surface area is 462 Å². The Bertz CT molecular complexity index is 2260. The monoisotopic (exact) mass is 1140 g/mol. The van der Waals surface area contributed by atoms with E-state index in [2.05, 4.69) is 47.5 Å². The summed E-state index contributed by atoms with van der Waals surface area (Å²) in [6, 6.07) is -4.19. The summed E-state index contributed by atoms with van der Waals surface area (Å²) in [5.74, 6) is -9.88. The molecule has 436 valence electrons. The molecule has 0 saturated carbocycles. The van der Waals surface area contributed by atoms with Crippen molar-refractivity contribution < 1.29 is 63.0 Å². The lowest BCUT2D eigenvalue weighted by Crippen LogP contribution is -2.62. The van der Waals surface area contributed by atoms with E-state index in [0.717, 1.165) is 10.5 Å². The van der Waals surface area contributed by atoms with E-state index in [9.17, 15) is 57.8 Å². The molecule has 1 aliphatic heterocycles. The lowest BCUT2D eigenvalue weighted by Gasteiger charge is -2.31. The summed E-state index contributed by atoms with van der Waals surface area (Å²) in [6.07, 6.45) is 2.16. The van der Waals surface area contributed by atoms with Crippen LogP contribution in [0.25, 0.3) is 0 Å². The number of nitrogens with zero attached hydrogens (tertiary/aromatic N) is 2. The van der Waals surface area contributed by atoms with Crippen LogP contribution in [0.5, 0.6) is 0 Å². The molecule has 0 radical (unpaired) electrons. The summed E-state index contributed by atoms with van der Waals surface area (Å²) < 4.78 is 0. The summed E-state index contributed by atoms with van der Waals surface area (Å²) in [5.41, 5.74) is 23.5. The number of aliphatic carboxylic acids is 1. The number of aliphatic hydroxyl groups is 1. The van der Waals surface area contributed by atoms with E-state index in [1.807, 2.05) is 6.07 Å². The number of nitrogens with one attached hydrogen (secondary N) is 8. The highest BCUT2D eigenvalue weighted by molar-refractivity contribution is 7.98. The predicted octanol–water partition coefficient (Wildman–Crippen LogP) is -3.98. The minimum atomic E-state index is -1.79. The molecular formula is C49H80N14O13S2. The van der Waals surface area contributed by atoms with Gasteiger partial charge in [-0.25, -0.2) is 0 Å². The summed E-state index contributed by atoms with van der Waals surface area (Å²) in [7, 11) is 0. The quantitative estimate of drug-likeness (QED) is 0.0178. The van der Waals surface area contributed by atoms with Gasteiger partial charge >= 0.3 is 5.97 Å². The van der Waals surface area contributed by atoms with Crippen molar-refractivity contribution in [2.45, 2.75) is 153 Å². The van der Waals surface area contributed by atoms with E-state index < -0.39 is 144 Å². The lowest BCUT2D eigenvalue weighted by atomic mass is 10.0. The van der Waals surface area contributed by atoms with Gasteiger partial charge in [0.1, 0.15) is 54.4 Å². The summed E-state index contributed by atoms with van der Waals surface area (Å²) in [5, 5.41) is 40.1. The number of benzene rings is 1. The molecule has 0 aromatic heterocycles. The number of carbonyl (C=O) groups is 11. The standard InChI is InChI=1S/C49H80N14O13S2/c1-25(2)37(61-42(69)32(17-21-77-6)58-41(68)31(15-11-19-54-49(52)53)57-40(67)30(50)23-29-13-9-8-10-14-29)45(72)59-33(18-22-78-7)43(70)62-38(28(5)64)46(73)60-34(24-36(51)65)47(74)63-20-12-16-35(63)44(71)55-26(3)39(66)56-27(4)48(75)76/h8-10,13-14,25-28,30-35,37-38,64H,11-12,15-24,50H2,1-7H3,(H2,51,65)(H,55,71)(H,56,66)(H,57,67)(H,58,68)(H,59,72)(H,60,73)(H,61,69)(H,62,70)(H,75,76)(H4,52,53,54)/t26-,27-,28+,30-,31-,32-,33-,34-,35-,37-,38-/m0/s1. The van der Waals surface area contributed by atoms with Crippen molar-refractivity contribution in [3.63, 3.8) is 0 Å². The number of rotatable bonds is 34. The number of carboxylic acid groups (broad SMARTS) is 1. The molecule has 0 unspecified atom stereocenters. The molecule has 1 aromatic carbocycles. The Hall–Kier alpha value is -6.72. The highest BCUT2D eigenvalue weighted by atomic mass is 32.2. The number of hydrogen-bond acceptors (Lipinski definition) is 16. The van der Waals surface area contributed by atoms with Crippen LogP contribution < -0.4 is 65.5 Å². The molecule has 10 amide bonds. The van der Waals surface area contributed by atoms with Crippen molar-refractivity contribution in [3.8, 4) is 0 Å². The minimum Gasteiger partial charge on any atom is -0.480 e. The van der Waals surface area contributed by atoms with Gasteiger partial charge in [0.25, 0.3) is 0 Å². The third-order valence-electron chi connectivity index (χ3n) is 12.3. The largest absolute Gasteiger partial charge is 0.480 e. The van der Waals surface area contributed by atoms with Crippen LogP contribution in [0.15, 0.2) is 35.3 Å². The van der Waals surface area contributed by atoms with E-state index >= 15 is 0 Å². The van der Waals surface area contributed by atoms with Crippen LogP contribution in [-0.2, 0) is 59.2 Å². The summed E-state index contributed by atoms with van der Waals surface area (Å²) in [6.45, 7) is 7.10. The zero-order valence-electron chi connectivity index (χ0n) is 45.2. The summed E-state index contributed by atoms with van der Waals surface area (Å²) >= 11 is 2.71. The minimum absolute atomic E-state index is 0.00855. The van der Waals surface area contributed by atoms with E-state index in [1.165, 1.54) is 44.3 Å². The number of guanidine groups is 1. The molecule has 27 nitrogen and oxygen atoms in total. The molecule has 78 heavy (non-hydrogen) atoms. The molecule has 1 saturated heterocycles. The molecule has 1 aromatic rings. The normalized spacial score (nSPS) is 16.9. The first-order valence-corrected chi connectivity index (χ1v) is 28.3. The maximum atomic E-state index is 14.1. The van der Waals surface area contributed by atoms with E-state index in [4.69, 9.17) is 28.0 Å². The van der Waals surface area contributed by atoms with Gasteiger partial charge in [0.15, 0.2) is 5.96 Å². The zero-order valence-corrected chi connectivity index (χ0v) is 46.8. The predicted molar refractivity (Wildman–Crippen MR) is 294 cm³/mol. The fourth-order valence-electron chi connectivity index (χ4n) is 7.94. The maximum absolute atomic E-state index is 14.1. The molecule has 0 aliphatic carbocycles. The molecule has 0 bridgehead atoms. The van der Waals surface area contributed by atoms with Crippen LogP contribution in [0, 0.1) is 5.92 Å². The summed E-state index contributed by atoms with van der Waals surface area (Å²) in [4.78, 5) is 152. The van der Waals surface area contributed by atoms with Crippen LogP contribution >= 0.6 is 23.5 Å². The first kappa shape index (κ1) is 67.4. The average Bonchev–Trinajstić information content (AvgIpc) is 3.87. The van der Waals surface area contributed by atoms with Gasteiger partial charge in [-0.1, -0.05) is 44.2 Å².